The van der Waals surface area contributed by atoms with Gasteiger partial charge in [-0.2, -0.15) is 0 Å². The number of Topliss-reactive ketones (excluding diaryl/α,β-unsaturated/α-hetero) is 1. The molecule has 0 bridgehead atoms. The molecule has 0 aromatic rings. The van der Waals surface area contributed by atoms with E-state index in [2.05, 4.69) is 6.92 Å². The number of ketones is 1. The summed E-state index contributed by atoms with van der Waals surface area (Å²) in [4.78, 5) is 23.5. The normalized spacial score (nSPS) is 22.2. The van der Waals surface area contributed by atoms with Crippen LogP contribution in [0.15, 0.2) is 0 Å². The van der Waals surface area contributed by atoms with Crippen LogP contribution in [0.25, 0.3) is 0 Å². The quantitative estimate of drug-likeness (QED) is 0.443. The molecule has 0 radical (unpaired) electrons. The summed E-state index contributed by atoms with van der Waals surface area (Å²) >= 11 is 0. The molecule has 3 nitrogen and oxygen atoms in total. The van der Waals surface area contributed by atoms with Gasteiger partial charge in [-0.1, -0.05) is 45.4 Å². The molecule has 0 aliphatic heterocycles. The van der Waals surface area contributed by atoms with Gasteiger partial charge < -0.3 is 4.74 Å². The lowest BCUT2D eigenvalue weighted by atomic mass is 9.88. The highest BCUT2D eigenvalue weighted by Gasteiger charge is 2.35. The Morgan fingerprint density at radius 1 is 1.15 bits per heavy atom. The van der Waals surface area contributed by atoms with Crippen LogP contribution < -0.4 is 0 Å². The number of esters is 1. The van der Waals surface area contributed by atoms with Crippen molar-refractivity contribution in [2.24, 2.45) is 11.8 Å². The monoisotopic (exact) mass is 282 g/mol. The van der Waals surface area contributed by atoms with E-state index in [9.17, 15) is 9.59 Å². The van der Waals surface area contributed by atoms with E-state index in [0.717, 1.165) is 19.3 Å². The first-order valence-electron chi connectivity index (χ1n) is 8.37. The zero-order valence-corrected chi connectivity index (χ0v) is 13.2. The zero-order valence-electron chi connectivity index (χ0n) is 13.2. The summed E-state index contributed by atoms with van der Waals surface area (Å²) in [5.41, 5.74) is 0. The number of hydrogen-bond donors (Lipinski definition) is 0. The molecule has 1 aliphatic rings. The standard InChI is InChI=1S/C17H30O3/c1-3-5-6-7-8-9-10-15-14(11-12-16(15)18)13-17(19)20-4-2/h14-15H,3-13H2,1-2H3. The maximum absolute atomic E-state index is 11.9. The van der Waals surface area contributed by atoms with Crippen molar-refractivity contribution in [2.75, 3.05) is 6.61 Å². The Hall–Kier alpha value is -0.860. The molecule has 116 valence electrons. The summed E-state index contributed by atoms with van der Waals surface area (Å²) in [5.74, 6) is 0.579. The average molecular weight is 282 g/mol. The van der Waals surface area contributed by atoms with Gasteiger partial charge in [0.1, 0.15) is 5.78 Å². The van der Waals surface area contributed by atoms with Gasteiger partial charge in [-0.3, -0.25) is 9.59 Å². The molecule has 0 heterocycles. The summed E-state index contributed by atoms with van der Waals surface area (Å²) < 4.78 is 5.01. The Morgan fingerprint density at radius 2 is 1.85 bits per heavy atom. The average Bonchev–Trinajstić information content (AvgIpc) is 2.75. The molecule has 2 unspecified atom stereocenters. The summed E-state index contributed by atoms with van der Waals surface area (Å²) in [5, 5.41) is 0. The number of hydrogen-bond acceptors (Lipinski definition) is 3. The molecule has 0 aromatic heterocycles. The van der Waals surface area contributed by atoms with Gasteiger partial charge in [-0.05, 0) is 25.7 Å². The predicted molar refractivity (Wildman–Crippen MR) is 80.5 cm³/mol. The number of carbonyl (C=O) groups excluding carboxylic acids is 2. The highest BCUT2D eigenvalue weighted by atomic mass is 16.5. The largest absolute Gasteiger partial charge is 0.466 e. The zero-order chi connectivity index (χ0) is 14.8. The van der Waals surface area contributed by atoms with E-state index >= 15 is 0 Å². The maximum atomic E-state index is 11.9. The lowest BCUT2D eigenvalue weighted by Gasteiger charge is -2.17. The van der Waals surface area contributed by atoms with Gasteiger partial charge in [0.25, 0.3) is 0 Å². The van der Waals surface area contributed by atoms with Crippen molar-refractivity contribution in [1.82, 2.24) is 0 Å². The van der Waals surface area contributed by atoms with Crippen LogP contribution in [0, 0.1) is 11.8 Å². The first-order valence-corrected chi connectivity index (χ1v) is 8.37. The van der Waals surface area contributed by atoms with Crippen LogP contribution in [0.4, 0.5) is 0 Å². The molecule has 0 N–H and O–H groups in total. The van der Waals surface area contributed by atoms with Gasteiger partial charge in [-0.25, -0.2) is 0 Å². The lowest BCUT2D eigenvalue weighted by Crippen LogP contribution is -2.19. The van der Waals surface area contributed by atoms with E-state index in [1.807, 2.05) is 6.92 Å². The summed E-state index contributed by atoms with van der Waals surface area (Å²) in [7, 11) is 0. The Labute approximate surface area is 123 Å². The van der Waals surface area contributed by atoms with Gasteiger partial charge in [0.2, 0.25) is 0 Å². The second-order valence-corrected chi connectivity index (χ2v) is 5.94. The first kappa shape index (κ1) is 17.2. The summed E-state index contributed by atoms with van der Waals surface area (Å²) in [6, 6.07) is 0. The topological polar surface area (TPSA) is 43.4 Å². The van der Waals surface area contributed by atoms with Crippen molar-refractivity contribution in [1.29, 1.82) is 0 Å². The van der Waals surface area contributed by atoms with Crippen molar-refractivity contribution in [2.45, 2.75) is 78.1 Å². The Morgan fingerprint density at radius 3 is 2.55 bits per heavy atom. The molecule has 2 atom stereocenters. The molecule has 1 saturated carbocycles. The van der Waals surface area contributed by atoms with Gasteiger partial charge in [0, 0.05) is 18.8 Å². The molecule has 0 spiro atoms. The maximum Gasteiger partial charge on any atom is 0.306 e. The fourth-order valence-corrected chi connectivity index (χ4v) is 3.20. The lowest BCUT2D eigenvalue weighted by molar-refractivity contribution is -0.144. The van der Waals surface area contributed by atoms with E-state index < -0.39 is 0 Å². The number of rotatable bonds is 10. The van der Waals surface area contributed by atoms with Gasteiger partial charge in [-0.15, -0.1) is 0 Å². The van der Waals surface area contributed by atoms with Crippen LogP contribution in [0.3, 0.4) is 0 Å². The molecule has 1 aliphatic carbocycles. The van der Waals surface area contributed by atoms with Gasteiger partial charge in [0.05, 0.1) is 6.61 Å². The number of ether oxygens (including phenoxy) is 1. The van der Waals surface area contributed by atoms with Crippen LogP contribution in [-0.4, -0.2) is 18.4 Å². The van der Waals surface area contributed by atoms with E-state index in [-0.39, 0.29) is 17.8 Å². The predicted octanol–water partition coefficient (Wildman–Crippen LogP) is 4.29. The fourth-order valence-electron chi connectivity index (χ4n) is 3.20. The molecule has 20 heavy (non-hydrogen) atoms. The Balaban J connectivity index is 2.25. The van der Waals surface area contributed by atoms with Gasteiger partial charge >= 0.3 is 5.97 Å². The smallest absolute Gasteiger partial charge is 0.306 e. The van der Waals surface area contributed by atoms with Crippen molar-refractivity contribution < 1.29 is 14.3 Å². The van der Waals surface area contributed by atoms with Crippen LogP contribution in [0.5, 0.6) is 0 Å². The molecular formula is C17H30O3. The van der Waals surface area contributed by atoms with Crippen molar-refractivity contribution in [3.05, 3.63) is 0 Å². The highest BCUT2D eigenvalue weighted by molar-refractivity contribution is 5.84. The minimum atomic E-state index is -0.139. The van der Waals surface area contributed by atoms with Crippen LogP contribution in [0.1, 0.15) is 78.1 Å². The molecule has 0 amide bonds. The highest BCUT2D eigenvalue weighted by Crippen LogP contribution is 2.35. The second-order valence-electron chi connectivity index (χ2n) is 5.94. The van der Waals surface area contributed by atoms with E-state index in [1.54, 1.807) is 0 Å². The number of unbranched alkanes of at least 4 members (excludes halogenated alkanes) is 5. The SMILES string of the molecule is CCCCCCCCC1C(=O)CCC1CC(=O)OCC. The third-order valence-electron chi connectivity index (χ3n) is 4.35. The minimum absolute atomic E-state index is 0.116. The Bertz CT molecular complexity index is 299. The molecular weight excluding hydrogens is 252 g/mol. The third-order valence-corrected chi connectivity index (χ3v) is 4.35. The minimum Gasteiger partial charge on any atom is -0.466 e. The fraction of sp³-hybridized carbons (Fsp3) is 0.882. The van der Waals surface area contributed by atoms with Crippen LogP contribution >= 0.6 is 0 Å². The molecule has 0 aromatic carbocycles. The van der Waals surface area contributed by atoms with E-state index in [4.69, 9.17) is 4.74 Å². The van der Waals surface area contributed by atoms with Crippen LogP contribution in [-0.2, 0) is 14.3 Å². The van der Waals surface area contributed by atoms with E-state index in [0.29, 0.717) is 25.2 Å². The Kier molecular flexibility index (Phi) is 8.56. The summed E-state index contributed by atoms with van der Waals surface area (Å²) in [6.45, 7) is 4.48. The molecule has 3 heteroatoms. The molecule has 1 rings (SSSR count). The van der Waals surface area contributed by atoms with Crippen molar-refractivity contribution >= 4 is 11.8 Å². The second kappa shape index (κ2) is 9.95. The first-order chi connectivity index (χ1) is 9.69. The summed E-state index contributed by atoms with van der Waals surface area (Å²) in [6.07, 6.45) is 10.4. The van der Waals surface area contributed by atoms with E-state index in [1.165, 1.54) is 32.1 Å². The molecule has 0 saturated heterocycles. The van der Waals surface area contributed by atoms with Crippen molar-refractivity contribution in [3.63, 3.8) is 0 Å². The third kappa shape index (κ3) is 6.06. The van der Waals surface area contributed by atoms with Crippen LogP contribution in [0.2, 0.25) is 0 Å². The van der Waals surface area contributed by atoms with Crippen molar-refractivity contribution in [3.8, 4) is 0 Å². The number of carbonyl (C=O) groups is 2. The molecule has 1 fully saturated rings. The van der Waals surface area contributed by atoms with Gasteiger partial charge in [0.15, 0.2) is 0 Å².